The Kier molecular flexibility index (Phi) is 2.84. The van der Waals surface area contributed by atoms with E-state index < -0.39 is 5.97 Å². The van der Waals surface area contributed by atoms with Gasteiger partial charge in [0.05, 0.1) is 12.1 Å². The van der Waals surface area contributed by atoms with E-state index >= 15 is 0 Å². The number of aromatic amines is 1. The van der Waals surface area contributed by atoms with E-state index in [0.717, 1.165) is 0 Å². The topological polar surface area (TPSA) is 92.0 Å². The predicted octanol–water partition coefficient (Wildman–Crippen LogP) is 1.00. The summed E-state index contributed by atoms with van der Waals surface area (Å²) >= 11 is 10.4. The molecule has 1 aromatic heterocycles. The first-order chi connectivity index (χ1) is 6.00. The number of aromatic nitrogens is 2. The molecular formula is C6H6ClN3O2S. The fourth-order valence-corrected chi connectivity index (χ4v) is 1.18. The molecule has 0 unspecified atom stereocenters. The van der Waals surface area contributed by atoms with Crippen molar-refractivity contribution in [3.63, 3.8) is 0 Å². The number of aliphatic carboxylic acids is 1. The van der Waals surface area contributed by atoms with E-state index in [4.69, 9.17) is 34.7 Å². The number of hydrogen-bond donors (Lipinski definition) is 3. The van der Waals surface area contributed by atoms with Crippen molar-refractivity contribution >= 4 is 35.6 Å². The van der Waals surface area contributed by atoms with Crippen LogP contribution in [0.5, 0.6) is 0 Å². The lowest BCUT2D eigenvalue weighted by Crippen LogP contribution is -2.06. The highest BCUT2D eigenvalue weighted by Gasteiger charge is 2.09. The Balaban J connectivity index is 3.20. The van der Waals surface area contributed by atoms with E-state index in [1.807, 2.05) is 0 Å². The van der Waals surface area contributed by atoms with Gasteiger partial charge in [-0.2, -0.15) is 0 Å². The molecule has 0 saturated heterocycles. The second-order valence-electron chi connectivity index (χ2n) is 2.29. The Labute approximate surface area is 83.6 Å². The predicted molar refractivity (Wildman–Crippen MR) is 50.2 cm³/mol. The molecule has 4 N–H and O–H groups in total. The SMILES string of the molecule is Nc1nc(=S)[nH]c(CC(=O)O)c1Cl. The van der Waals surface area contributed by atoms with Crippen LogP contribution in [0, 0.1) is 4.77 Å². The molecule has 13 heavy (non-hydrogen) atoms. The average molecular weight is 220 g/mol. The first-order valence-corrected chi connectivity index (χ1v) is 4.05. The minimum Gasteiger partial charge on any atom is -0.481 e. The van der Waals surface area contributed by atoms with Gasteiger partial charge in [0.15, 0.2) is 4.77 Å². The van der Waals surface area contributed by atoms with Crippen LogP contribution in [-0.2, 0) is 11.2 Å². The van der Waals surface area contributed by atoms with Crippen molar-refractivity contribution in [2.75, 3.05) is 5.73 Å². The highest BCUT2D eigenvalue weighted by molar-refractivity contribution is 7.71. The Morgan fingerprint density at radius 2 is 2.38 bits per heavy atom. The number of nitrogens with zero attached hydrogens (tertiary/aromatic N) is 1. The number of anilines is 1. The van der Waals surface area contributed by atoms with E-state index in [1.165, 1.54) is 0 Å². The number of carbonyl (C=O) groups is 1. The molecule has 0 saturated carbocycles. The van der Waals surface area contributed by atoms with Gasteiger partial charge in [-0.05, 0) is 12.2 Å². The lowest BCUT2D eigenvalue weighted by atomic mass is 10.3. The Morgan fingerprint density at radius 1 is 1.77 bits per heavy atom. The van der Waals surface area contributed by atoms with Gasteiger partial charge in [-0.3, -0.25) is 4.79 Å². The molecule has 1 heterocycles. The number of nitrogens with one attached hydrogen (secondary N) is 1. The average Bonchev–Trinajstić information content (AvgIpc) is 1.98. The van der Waals surface area contributed by atoms with Gasteiger partial charge in [0.25, 0.3) is 0 Å². The van der Waals surface area contributed by atoms with Gasteiger partial charge in [-0.15, -0.1) is 0 Å². The van der Waals surface area contributed by atoms with E-state index in [1.54, 1.807) is 0 Å². The number of carboxylic acids is 1. The Morgan fingerprint density at radius 3 is 2.92 bits per heavy atom. The summed E-state index contributed by atoms with van der Waals surface area (Å²) in [6.07, 6.45) is -0.255. The summed E-state index contributed by atoms with van der Waals surface area (Å²) in [4.78, 5) is 16.6. The zero-order chi connectivity index (χ0) is 10.0. The Hall–Kier alpha value is -1.14. The zero-order valence-corrected chi connectivity index (χ0v) is 7.95. The van der Waals surface area contributed by atoms with Gasteiger partial charge < -0.3 is 15.8 Å². The van der Waals surface area contributed by atoms with E-state index in [2.05, 4.69) is 9.97 Å². The highest BCUT2D eigenvalue weighted by Crippen LogP contribution is 2.19. The van der Waals surface area contributed by atoms with Gasteiger partial charge in [0.1, 0.15) is 10.8 Å². The van der Waals surface area contributed by atoms with Crippen LogP contribution < -0.4 is 5.73 Å². The molecule has 0 radical (unpaired) electrons. The van der Waals surface area contributed by atoms with E-state index in [0.29, 0.717) is 0 Å². The quantitative estimate of drug-likeness (QED) is 0.646. The van der Waals surface area contributed by atoms with Crippen molar-refractivity contribution in [3.05, 3.63) is 15.5 Å². The fraction of sp³-hybridized carbons (Fsp3) is 0.167. The molecule has 1 rings (SSSR count). The normalized spacial score (nSPS) is 9.92. The number of carboxylic acid groups (broad SMARTS) is 1. The maximum Gasteiger partial charge on any atom is 0.309 e. The van der Waals surface area contributed by atoms with Crippen molar-refractivity contribution in [1.82, 2.24) is 9.97 Å². The molecule has 0 spiro atoms. The number of rotatable bonds is 2. The second-order valence-corrected chi connectivity index (χ2v) is 3.05. The second kappa shape index (κ2) is 3.71. The van der Waals surface area contributed by atoms with Crippen molar-refractivity contribution in [1.29, 1.82) is 0 Å². The van der Waals surface area contributed by atoms with E-state index in [9.17, 15) is 4.79 Å². The molecule has 0 amide bonds. The van der Waals surface area contributed by atoms with Crippen LogP contribution in [0.1, 0.15) is 5.69 Å². The lowest BCUT2D eigenvalue weighted by Gasteiger charge is -2.02. The largest absolute Gasteiger partial charge is 0.481 e. The molecule has 0 aromatic carbocycles. The smallest absolute Gasteiger partial charge is 0.309 e. The van der Waals surface area contributed by atoms with Crippen LogP contribution in [0.3, 0.4) is 0 Å². The molecule has 0 bridgehead atoms. The molecule has 7 heteroatoms. The minimum atomic E-state index is -1.02. The summed E-state index contributed by atoms with van der Waals surface area (Å²) in [5, 5.41) is 8.61. The van der Waals surface area contributed by atoms with E-state index in [-0.39, 0.29) is 27.7 Å². The third-order valence-electron chi connectivity index (χ3n) is 1.30. The summed E-state index contributed by atoms with van der Waals surface area (Å²) in [5.41, 5.74) is 5.64. The van der Waals surface area contributed by atoms with Crippen molar-refractivity contribution < 1.29 is 9.90 Å². The number of H-pyrrole nitrogens is 1. The maximum absolute atomic E-state index is 10.4. The lowest BCUT2D eigenvalue weighted by molar-refractivity contribution is -0.136. The summed E-state index contributed by atoms with van der Waals surface area (Å²) in [5.74, 6) is -0.972. The zero-order valence-electron chi connectivity index (χ0n) is 6.37. The fourth-order valence-electron chi connectivity index (χ4n) is 0.798. The molecule has 5 nitrogen and oxygen atoms in total. The minimum absolute atomic E-state index is 0.0432. The van der Waals surface area contributed by atoms with Crippen molar-refractivity contribution in [2.24, 2.45) is 0 Å². The summed E-state index contributed by atoms with van der Waals surface area (Å²) in [6.45, 7) is 0. The van der Waals surface area contributed by atoms with Crippen LogP contribution >= 0.6 is 23.8 Å². The molecule has 0 atom stereocenters. The third-order valence-corrected chi connectivity index (χ3v) is 1.91. The number of hydrogen-bond acceptors (Lipinski definition) is 4. The molecule has 1 aromatic rings. The summed E-state index contributed by atoms with van der Waals surface area (Å²) in [6, 6.07) is 0. The number of nitrogens with two attached hydrogens (primary N) is 1. The van der Waals surface area contributed by atoms with Crippen LogP contribution in [-0.4, -0.2) is 21.0 Å². The molecule has 0 aliphatic heterocycles. The molecule has 0 aliphatic rings. The van der Waals surface area contributed by atoms with Crippen LogP contribution in [0.15, 0.2) is 0 Å². The third kappa shape index (κ3) is 2.40. The molecule has 70 valence electrons. The molecule has 0 aliphatic carbocycles. The standard InChI is InChI=1S/C6H6ClN3O2S/c7-4-2(1-3(11)12)9-6(13)10-5(4)8/h1H2,(H,11,12)(H3,8,9,10,13). The van der Waals surface area contributed by atoms with Crippen LogP contribution in [0.2, 0.25) is 5.02 Å². The van der Waals surface area contributed by atoms with Crippen molar-refractivity contribution in [2.45, 2.75) is 6.42 Å². The van der Waals surface area contributed by atoms with Gasteiger partial charge in [-0.25, -0.2) is 4.98 Å². The first-order valence-electron chi connectivity index (χ1n) is 3.26. The maximum atomic E-state index is 10.4. The van der Waals surface area contributed by atoms with Gasteiger partial charge in [0.2, 0.25) is 0 Å². The molecular weight excluding hydrogens is 214 g/mol. The van der Waals surface area contributed by atoms with Gasteiger partial charge in [0, 0.05) is 0 Å². The number of halogens is 1. The highest BCUT2D eigenvalue weighted by atomic mass is 35.5. The number of nitrogen functional groups attached to an aromatic ring is 1. The van der Waals surface area contributed by atoms with Gasteiger partial charge in [-0.1, -0.05) is 11.6 Å². The Bertz CT molecular complexity index is 403. The molecule has 0 fully saturated rings. The summed E-state index contributed by atoms with van der Waals surface area (Å²) < 4.78 is 0.123. The monoisotopic (exact) mass is 219 g/mol. The van der Waals surface area contributed by atoms with Crippen LogP contribution in [0.4, 0.5) is 5.82 Å². The van der Waals surface area contributed by atoms with Gasteiger partial charge >= 0.3 is 5.97 Å². The first kappa shape index (κ1) is 9.94. The summed E-state index contributed by atoms with van der Waals surface area (Å²) in [7, 11) is 0. The van der Waals surface area contributed by atoms with Crippen LogP contribution in [0.25, 0.3) is 0 Å². The van der Waals surface area contributed by atoms with Crippen molar-refractivity contribution in [3.8, 4) is 0 Å².